The first kappa shape index (κ1) is 11.0. The van der Waals surface area contributed by atoms with Gasteiger partial charge in [0.25, 0.3) is 0 Å². The van der Waals surface area contributed by atoms with Gasteiger partial charge in [0.2, 0.25) is 5.88 Å². The van der Waals surface area contributed by atoms with Gasteiger partial charge in [0.1, 0.15) is 12.0 Å². The van der Waals surface area contributed by atoms with Crippen molar-refractivity contribution in [2.75, 3.05) is 24.7 Å². The van der Waals surface area contributed by atoms with Crippen LogP contribution in [0.2, 0.25) is 0 Å². The van der Waals surface area contributed by atoms with E-state index in [0.29, 0.717) is 17.4 Å². The molecule has 1 fully saturated rings. The van der Waals surface area contributed by atoms with Crippen molar-refractivity contribution >= 4 is 11.5 Å². The van der Waals surface area contributed by atoms with Gasteiger partial charge >= 0.3 is 0 Å². The molecule has 0 unspecified atom stereocenters. The highest BCUT2D eigenvalue weighted by atomic mass is 16.5. The van der Waals surface area contributed by atoms with E-state index in [-0.39, 0.29) is 0 Å². The number of rotatable bonds is 5. The number of nitrogens with zero attached hydrogens (tertiary/aromatic N) is 2. The van der Waals surface area contributed by atoms with Gasteiger partial charge in [0, 0.05) is 6.54 Å². The average Bonchev–Trinajstić information content (AvgIpc) is 2.24. The van der Waals surface area contributed by atoms with E-state index in [1.54, 1.807) is 7.11 Å². The Bertz CT molecular complexity index is 352. The molecular formula is C11H18N4O. The standard InChI is InChI=1S/C11H18N4O/c1-16-11-9(12)10(14-7-15-11)13-6-5-8-3-2-4-8/h7-8H,2-6,12H2,1H3,(H,13,14,15). The lowest BCUT2D eigenvalue weighted by molar-refractivity contribution is 0.303. The third-order valence-electron chi connectivity index (χ3n) is 3.11. The molecule has 0 aliphatic heterocycles. The normalized spacial score (nSPS) is 15.6. The van der Waals surface area contributed by atoms with E-state index >= 15 is 0 Å². The minimum Gasteiger partial charge on any atom is -0.479 e. The van der Waals surface area contributed by atoms with Crippen LogP contribution in [0.4, 0.5) is 11.5 Å². The van der Waals surface area contributed by atoms with Gasteiger partial charge in [-0.3, -0.25) is 0 Å². The SMILES string of the molecule is COc1ncnc(NCCC2CCC2)c1N. The van der Waals surface area contributed by atoms with Gasteiger partial charge in [-0.25, -0.2) is 4.98 Å². The number of hydrogen-bond acceptors (Lipinski definition) is 5. The fourth-order valence-electron chi connectivity index (χ4n) is 1.86. The lowest BCUT2D eigenvalue weighted by Gasteiger charge is -2.25. The van der Waals surface area contributed by atoms with Crippen molar-refractivity contribution in [3.63, 3.8) is 0 Å². The smallest absolute Gasteiger partial charge is 0.242 e. The van der Waals surface area contributed by atoms with Crippen LogP contribution in [0.15, 0.2) is 6.33 Å². The Morgan fingerprint density at radius 3 is 2.94 bits per heavy atom. The molecule has 1 aromatic rings. The topological polar surface area (TPSA) is 73.1 Å². The van der Waals surface area contributed by atoms with Crippen molar-refractivity contribution in [2.45, 2.75) is 25.7 Å². The van der Waals surface area contributed by atoms with Gasteiger partial charge in [-0.2, -0.15) is 4.98 Å². The molecule has 0 atom stereocenters. The van der Waals surface area contributed by atoms with Crippen LogP contribution < -0.4 is 15.8 Å². The minimum absolute atomic E-state index is 0.432. The Labute approximate surface area is 95.4 Å². The highest BCUT2D eigenvalue weighted by Crippen LogP contribution is 2.29. The summed E-state index contributed by atoms with van der Waals surface area (Å²) in [7, 11) is 1.55. The maximum atomic E-state index is 5.84. The number of nitrogen functional groups attached to an aromatic ring is 1. The fraction of sp³-hybridized carbons (Fsp3) is 0.636. The number of methoxy groups -OCH3 is 1. The van der Waals surface area contributed by atoms with Crippen LogP contribution in [-0.2, 0) is 0 Å². The van der Waals surface area contributed by atoms with Crippen molar-refractivity contribution in [3.05, 3.63) is 6.33 Å². The Morgan fingerprint density at radius 1 is 1.50 bits per heavy atom. The summed E-state index contributed by atoms with van der Waals surface area (Å²) in [5.41, 5.74) is 6.33. The van der Waals surface area contributed by atoms with E-state index in [1.165, 1.54) is 32.0 Å². The van der Waals surface area contributed by atoms with Crippen LogP contribution in [0.5, 0.6) is 5.88 Å². The number of aromatic nitrogens is 2. The Hall–Kier alpha value is -1.52. The summed E-state index contributed by atoms with van der Waals surface area (Å²) in [5.74, 6) is 1.99. The fourth-order valence-corrected chi connectivity index (χ4v) is 1.86. The highest BCUT2D eigenvalue weighted by molar-refractivity contribution is 5.66. The molecule has 1 aromatic heterocycles. The van der Waals surface area contributed by atoms with E-state index < -0.39 is 0 Å². The molecule has 0 saturated heterocycles. The van der Waals surface area contributed by atoms with Crippen LogP contribution in [0.25, 0.3) is 0 Å². The van der Waals surface area contributed by atoms with Gasteiger partial charge in [0.05, 0.1) is 7.11 Å². The lowest BCUT2D eigenvalue weighted by atomic mass is 9.83. The second kappa shape index (κ2) is 5.01. The van der Waals surface area contributed by atoms with E-state index in [2.05, 4.69) is 15.3 Å². The molecule has 0 radical (unpaired) electrons. The summed E-state index contributed by atoms with van der Waals surface area (Å²) >= 11 is 0. The van der Waals surface area contributed by atoms with Crippen molar-refractivity contribution < 1.29 is 4.74 Å². The second-order valence-electron chi connectivity index (χ2n) is 4.16. The Kier molecular flexibility index (Phi) is 3.44. The van der Waals surface area contributed by atoms with Gasteiger partial charge in [-0.05, 0) is 12.3 Å². The highest BCUT2D eigenvalue weighted by Gasteiger charge is 2.16. The summed E-state index contributed by atoms with van der Waals surface area (Å²) in [6, 6.07) is 0. The number of ether oxygens (including phenoxy) is 1. The molecule has 3 N–H and O–H groups in total. The minimum atomic E-state index is 0.432. The number of anilines is 2. The van der Waals surface area contributed by atoms with Crippen molar-refractivity contribution in [3.8, 4) is 5.88 Å². The van der Waals surface area contributed by atoms with E-state index in [0.717, 1.165) is 12.5 Å². The maximum Gasteiger partial charge on any atom is 0.242 e. The summed E-state index contributed by atoms with van der Waals surface area (Å²) in [6.07, 6.45) is 6.76. The van der Waals surface area contributed by atoms with Gasteiger partial charge in [-0.15, -0.1) is 0 Å². The predicted octanol–water partition coefficient (Wildman–Crippen LogP) is 1.67. The molecule has 1 saturated carbocycles. The summed E-state index contributed by atoms with van der Waals surface area (Å²) < 4.78 is 5.03. The third-order valence-corrected chi connectivity index (χ3v) is 3.11. The average molecular weight is 222 g/mol. The third kappa shape index (κ3) is 2.35. The van der Waals surface area contributed by atoms with E-state index in [4.69, 9.17) is 10.5 Å². The first-order chi connectivity index (χ1) is 7.81. The summed E-state index contributed by atoms with van der Waals surface area (Å²) in [6.45, 7) is 0.912. The summed E-state index contributed by atoms with van der Waals surface area (Å²) in [4.78, 5) is 8.03. The van der Waals surface area contributed by atoms with Crippen LogP contribution in [0.1, 0.15) is 25.7 Å². The van der Waals surface area contributed by atoms with Gasteiger partial charge in [-0.1, -0.05) is 19.3 Å². The van der Waals surface area contributed by atoms with E-state index in [1.807, 2.05) is 0 Å². The number of nitrogens with two attached hydrogens (primary N) is 1. The molecule has 0 aromatic carbocycles. The first-order valence-electron chi connectivity index (χ1n) is 5.69. The zero-order valence-electron chi connectivity index (χ0n) is 9.57. The molecule has 0 spiro atoms. The molecule has 88 valence electrons. The van der Waals surface area contributed by atoms with Crippen molar-refractivity contribution in [1.29, 1.82) is 0 Å². The largest absolute Gasteiger partial charge is 0.479 e. The maximum absolute atomic E-state index is 5.84. The zero-order valence-corrected chi connectivity index (χ0v) is 9.57. The Morgan fingerprint density at radius 2 is 2.31 bits per heavy atom. The quantitative estimate of drug-likeness (QED) is 0.792. The monoisotopic (exact) mass is 222 g/mol. The zero-order chi connectivity index (χ0) is 11.4. The lowest BCUT2D eigenvalue weighted by Crippen LogP contribution is -2.16. The molecule has 0 amide bonds. The van der Waals surface area contributed by atoms with Crippen LogP contribution in [-0.4, -0.2) is 23.6 Å². The Balaban J connectivity index is 1.87. The molecule has 0 bridgehead atoms. The first-order valence-corrected chi connectivity index (χ1v) is 5.69. The van der Waals surface area contributed by atoms with E-state index in [9.17, 15) is 0 Å². The number of nitrogens with one attached hydrogen (secondary N) is 1. The van der Waals surface area contributed by atoms with Crippen molar-refractivity contribution in [2.24, 2.45) is 5.92 Å². The van der Waals surface area contributed by atoms with Gasteiger partial charge < -0.3 is 15.8 Å². The molecule has 1 aliphatic rings. The molecule has 16 heavy (non-hydrogen) atoms. The van der Waals surface area contributed by atoms with Gasteiger partial charge in [0.15, 0.2) is 5.82 Å². The molecule has 1 heterocycles. The molecule has 1 aliphatic carbocycles. The second-order valence-corrected chi connectivity index (χ2v) is 4.16. The molecule has 5 nitrogen and oxygen atoms in total. The van der Waals surface area contributed by atoms with Crippen LogP contribution >= 0.6 is 0 Å². The summed E-state index contributed by atoms with van der Waals surface area (Å²) in [5, 5.41) is 3.23. The number of hydrogen-bond donors (Lipinski definition) is 2. The van der Waals surface area contributed by atoms with Crippen LogP contribution in [0, 0.1) is 5.92 Å². The molecule has 2 rings (SSSR count). The van der Waals surface area contributed by atoms with Crippen LogP contribution in [0.3, 0.4) is 0 Å². The molecular weight excluding hydrogens is 204 g/mol. The predicted molar refractivity (Wildman–Crippen MR) is 63.4 cm³/mol. The van der Waals surface area contributed by atoms with Crippen molar-refractivity contribution in [1.82, 2.24) is 9.97 Å². The molecule has 5 heteroatoms.